The van der Waals surface area contributed by atoms with E-state index in [9.17, 15) is 9.18 Å². The fourth-order valence-corrected chi connectivity index (χ4v) is 2.32. The Morgan fingerprint density at radius 3 is 2.83 bits per heavy atom. The molecule has 0 radical (unpaired) electrons. The van der Waals surface area contributed by atoms with Crippen molar-refractivity contribution in [2.24, 2.45) is 11.7 Å². The molecule has 1 amide bonds. The van der Waals surface area contributed by atoms with Gasteiger partial charge in [-0.1, -0.05) is 25.2 Å². The first-order valence-electron chi connectivity index (χ1n) is 5.35. The number of thioether (sulfide) groups is 1. The number of carbonyl (C=O) groups is 1. The Morgan fingerprint density at radius 2 is 2.28 bits per heavy atom. The lowest BCUT2D eigenvalue weighted by Gasteiger charge is -2.14. The smallest absolute Gasteiger partial charge is 0.228 e. The SMILES string of the molecule is CSCC(C)C(=O)Nc1cccc(F)c1C(N)=S. The molecule has 1 aromatic carbocycles. The molecule has 0 heterocycles. The monoisotopic (exact) mass is 286 g/mol. The molecule has 0 bridgehead atoms. The minimum absolute atomic E-state index is 0.0686. The van der Waals surface area contributed by atoms with Crippen LogP contribution in [0.2, 0.25) is 0 Å². The van der Waals surface area contributed by atoms with E-state index in [4.69, 9.17) is 18.0 Å². The van der Waals surface area contributed by atoms with Crippen LogP contribution in [0.4, 0.5) is 10.1 Å². The second-order valence-corrected chi connectivity index (χ2v) is 5.22. The normalized spacial score (nSPS) is 11.9. The minimum atomic E-state index is -0.530. The summed E-state index contributed by atoms with van der Waals surface area (Å²) >= 11 is 6.37. The summed E-state index contributed by atoms with van der Waals surface area (Å²) in [7, 11) is 0. The van der Waals surface area contributed by atoms with Crippen LogP contribution in [0.3, 0.4) is 0 Å². The van der Waals surface area contributed by atoms with E-state index in [1.165, 1.54) is 12.1 Å². The second kappa shape index (κ2) is 6.70. The average molecular weight is 286 g/mol. The Bertz CT molecular complexity index is 465. The van der Waals surface area contributed by atoms with Crippen molar-refractivity contribution < 1.29 is 9.18 Å². The summed E-state index contributed by atoms with van der Waals surface area (Å²) in [5, 5.41) is 2.66. The molecular weight excluding hydrogens is 271 g/mol. The van der Waals surface area contributed by atoms with Crippen LogP contribution in [0.5, 0.6) is 0 Å². The highest BCUT2D eigenvalue weighted by atomic mass is 32.2. The van der Waals surface area contributed by atoms with Gasteiger partial charge in [0.15, 0.2) is 0 Å². The molecule has 98 valence electrons. The second-order valence-electron chi connectivity index (χ2n) is 3.87. The minimum Gasteiger partial charge on any atom is -0.389 e. The third-order valence-electron chi connectivity index (χ3n) is 2.38. The van der Waals surface area contributed by atoms with Gasteiger partial charge in [-0.2, -0.15) is 11.8 Å². The number of halogens is 1. The van der Waals surface area contributed by atoms with Gasteiger partial charge in [0, 0.05) is 11.7 Å². The van der Waals surface area contributed by atoms with Gasteiger partial charge in [-0.05, 0) is 18.4 Å². The highest BCUT2D eigenvalue weighted by Gasteiger charge is 2.16. The topological polar surface area (TPSA) is 55.1 Å². The zero-order valence-electron chi connectivity index (χ0n) is 10.2. The standard InChI is InChI=1S/C12H15FN2OS2/c1-7(6-18-2)12(16)15-9-5-3-4-8(13)10(9)11(14)17/h3-5,7H,6H2,1-2H3,(H2,14,17)(H,15,16). The van der Waals surface area contributed by atoms with E-state index in [1.807, 2.05) is 13.2 Å². The largest absolute Gasteiger partial charge is 0.389 e. The Labute approximate surface area is 115 Å². The fraction of sp³-hybridized carbons (Fsp3) is 0.333. The van der Waals surface area contributed by atoms with E-state index in [1.54, 1.807) is 17.8 Å². The van der Waals surface area contributed by atoms with Crippen molar-refractivity contribution in [1.29, 1.82) is 0 Å². The lowest BCUT2D eigenvalue weighted by atomic mass is 10.1. The molecule has 0 aromatic heterocycles. The quantitative estimate of drug-likeness (QED) is 0.816. The van der Waals surface area contributed by atoms with Crippen LogP contribution in [0, 0.1) is 11.7 Å². The fourth-order valence-electron chi connectivity index (χ4n) is 1.46. The van der Waals surface area contributed by atoms with Crippen molar-refractivity contribution in [3.8, 4) is 0 Å². The molecule has 18 heavy (non-hydrogen) atoms. The van der Waals surface area contributed by atoms with Gasteiger partial charge in [0.05, 0.1) is 11.3 Å². The number of amides is 1. The number of nitrogens with one attached hydrogen (secondary N) is 1. The summed E-state index contributed by atoms with van der Waals surface area (Å²) in [6, 6.07) is 4.35. The number of carbonyl (C=O) groups excluding carboxylic acids is 1. The number of benzene rings is 1. The summed E-state index contributed by atoms with van der Waals surface area (Å²) < 4.78 is 13.6. The number of hydrogen-bond acceptors (Lipinski definition) is 3. The Balaban J connectivity index is 2.94. The van der Waals surface area contributed by atoms with Crippen LogP contribution >= 0.6 is 24.0 Å². The van der Waals surface area contributed by atoms with Gasteiger partial charge in [-0.15, -0.1) is 0 Å². The first-order chi connectivity index (χ1) is 8.47. The lowest BCUT2D eigenvalue weighted by Crippen LogP contribution is -2.24. The molecule has 6 heteroatoms. The van der Waals surface area contributed by atoms with E-state index in [0.717, 1.165) is 0 Å². The number of thiocarbonyl (C=S) groups is 1. The van der Waals surface area contributed by atoms with Crippen LogP contribution < -0.4 is 11.1 Å². The van der Waals surface area contributed by atoms with Gasteiger partial charge in [-0.25, -0.2) is 4.39 Å². The van der Waals surface area contributed by atoms with Crippen LogP contribution in [-0.4, -0.2) is 22.9 Å². The third-order valence-corrected chi connectivity index (χ3v) is 3.42. The van der Waals surface area contributed by atoms with Crippen LogP contribution in [0.1, 0.15) is 12.5 Å². The molecule has 0 aliphatic rings. The molecule has 0 spiro atoms. The number of hydrogen-bond donors (Lipinski definition) is 2. The number of anilines is 1. The predicted octanol–water partition coefficient (Wildman–Crippen LogP) is 2.40. The summed E-state index contributed by atoms with van der Waals surface area (Å²) in [5.41, 5.74) is 5.86. The van der Waals surface area contributed by atoms with E-state index >= 15 is 0 Å². The van der Waals surface area contributed by atoms with Gasteiger partial charge < -0.3 is 11.1 Å². The maximum absolute atomic E-state index is 13.6. The molecular formula is C12H15FN2OS2. The summed E-state index contributed by atoms with van der Waals surface area (Å²) in [6.45, 7) is 1.81. The van der Waals surface area contributed by atoms with Gasteiger partial charge in [0.1, 0.15) is 10.8 Å². The zero-order chi connectivity index (χ0) is 13.7. The highest BCUT2D eigenvalue weighted by Crippen LogP contribution is 2.20. The molecule has 1 aromatic rings. The van der Waals surface area contributed by atoms with Crippen molar-refractivity contribution in [3.05, 3.63) is 29.6 Å². The van der Waals surface area contributed by atoms with Gasteiger partial charge >= 0.3 is 0 Å². The average Bonchev–Trinajstić information content (AvgIpc) is 2.28. The molecule has 1 rings (SSSR count). The van der Waals surface area contributed by atoms with E-state index in [2.05, 4.69) is 5.32 Å². The summed E-state index contributed by atoms with van der Waals surface area (Å²) in [4.78, 5) is 11.8. The van der Waals surface area contributed by atoms with Gasteiger partial charge in [-0.3, -0.25) is 4.79 Å². The Morgan fingerprint density at radius 1 is 1.61 bits per heavy atom. The Kier molecular flexibility index (Phi) is 5.55. The highest BCUT2D eigenvalue weighted by molar-refractivity contribution is 7.98. The van der Waals surface area contributed by atoms with Gasteiger partial charge in [0.2, 0.25) is 5.91 Å². The van der Waals surface area contributed by atoms with Gasteiger partial charge in [0.25, 0.3) is 0 Å². The first kappa shape index (κ1) is 14.9. The molecule has 0 saturated heterocycles. The molecule has 0 saturated carbocycles. The van der Waals surface area contributed by atoms with Crippen molar-refractivity contribution in [2.45, 2.75) is 6.92 Å². The summed E-state index contributed by atoms with van der Waals surface area (Å²) in [6.07, 6.45) is 1.92. The van der Waals surface area contributed by atoms with Crippen molar-refractivity contribution in [2.75, 3.05) is 17.3 Å². The molecule has 1 unspecified atom stereocenters. The molecule has 1 atom stereocenters. The molecule has 0 aliphatic carbocycles. The maximum atomic E-state index is 13.6. The number of rotatable bonds is 5. The Hall–Kier alpha value is -1.14. The third kappa shape index (κ3) is 3.68. The first-order valence-corrected chi connectivity index (χ1v) is 7.15. The van der Waals surface area contributed by atoms with E-state index in [-0.39, 0.29) is 22.4 Å². The maximum Gasteiger partial charge on any atom is 0.228 e. The zero-order valence-corrected chi connectivity index (χ0v) is 11.8. The van der Waals surface area contributed by atoms with Crippen molar-refractivity contribution >= 4 is 40.6 Å². The predicted molar refractivity (Wildman–Crippen MR) is 78.5 cm³/mol. The van der Waals surface area contributed by atoms with E-state index in [0.29, 0.717) is 11.4 Å². The molecule has 3 nitrogen and oxygen atoms in total. The molecule has 0 aliphatic heterocycles. The van der Waals surface area contributed by atoms with Crippen LogP contribution in [0.15, 0.2) is 18.2 Å². The lowest BCUT2D eigenvalue weighted by molar-refractivity contribution is -0.118. The van der Waals surface area contributed by atoms with Crippen LogP contribution in [0.25, 0.3) is 0 Å². The van der Waals surface area contributed by atoms with E-state index < -0.39 is 5.82 Å². The molecule has 0 fully saturated rings. The summed E-state index contributed by atoms with van der Waals surface area (Å²) in [5.74, 6) is -0.170. The van der Waals surface area contributed by atoms with Crippen molar-refractivity contribution in [1.82, 2.24) is 0 Å². The van der Waals surface area contributed by atoms with Crippen LogP contribution in [-0.2, 0) is 4.79 Å². The molecule has 3 N–H and O–H groups in total. The number of nitrogens with two attached hydrogens (primary N) is 1. The van der Waals surface area contributed by atoms with Crippen molar-refractivity contribution in [3.63, 3.8) is 0 Å².